The van der Waals surface area contributed by atoms with Gasteiger partial charge >= 0.3 is 11.9 Å². The Labute approximate surface area is 199 Å². The third-order valence-corrected chi connectivity index (χ3v) is 6.74. The number of aliphatic carboxylic acids is 2. The number of allylic oxidation sites excluding steroid dienone is 2. The quantitative estimate of drug-likeness (QED) is 0.213. The number of carbonyl (C=O) groups is 2. The van der Waals surface area contributed by atoms with Gasteiger partial charge in [0.25, 0.3) is 0 Å². The molecule has 1 aliphatic heterocycles. The SMILES string of the molecule is N#CC(=CC=Cc1ccc2c(c1)C1CCCC1N2c1ccc(CCCCC(=O)O)cc1)C(=O)O. The van der Waals surface area contributed by atoms with Crippen molar-refractivity contribution in [2.45, 2.75) is 56.9 Å². The molecule has 6 heteroatoms. The molecular weight excluding hydrogens is 428 g/mol. The van der Waals surface area contributed by atoms with Crippen molar-refractivity contribution < 1.29 is 19.8 Å². The van der Waals surface area contributed by atoms with Crippen LogP contribution in [-0.4, -0.2) is 28.2 Å². The summed E-state index contributed by atoms with van der Waals surface area (Å²) in [7, 11) is 0. The molecule has 2 aromatic carbocycles. The Morgan fingerprint density at radius 2 is 1.88 bits per heavy atom. The largest absolute Gasteiger partial charge is 0.481 e. The molecule has 174 valence electrons. The molecule has 2 aromatic rings. The Morgan fingerprint density at radius 3 is 2.59 bits per heavy atom. The second-order valence-electron chi connectivity index (χ2n) is 8.92. The van der Waals surface area contributed by atoms with Gasteiger partial charge in [-0.1, -0.05) is 36.8 Å². The molecule has 0 bridgehead atoms. The summed E-state index contributed by atoms with van der Waals surface area (Å²) in [5, 5.41) is 26.7. The Bertz CT molecular complexity index is 1170. The van der Waals surface area contributed by atoms with Crippen LogP contribution in [0.2, 0.25) is 0 Å². The van der Waals surface area contributed by atoms with Crippen LogP contribution in [0.5, 0.6) is 0 Å². The average molecular weight is 457 g/mol. The summed E-state index contributed by atoms with van der Waals surface area (Å²) in [5.41, 5.74) is 5.65. The van der Waals surface area contributed by atoms with E-state index < -0.39 is 11.9 Å². The summed E-state index contributed by atoms with van der Waals surface area (Å²) in [4.78, 5) is 24.1. The number of aryl methyl sites for hydroxylation is 1. The van der Waals surface area contributed by atoms with Crippen molar-refractivity contribution in [3.8, 4) is 6.07 Å². The fourth-order valence-electron chi connectivity index (χ4n) is 5.15. The molecule has 1 heterocycles. The lowest BCUT2D eigenvalue weighted by molar-refractivity contribution is -0.137. The van der Waals surface area contributed by atoms with Crippen molar-refractivity contribution in [2.24, 2.45) is 0 Å². The van der Waals surface area contributed by atoms with E-state index in [0.717, 1.165) is 31.2 Å². The minimum Gasteiger partial charge on any atom is -0.481 e. The molecule has 1 fully saturated rings. The first-order chi connectivity index (χ1) is 16.5. The van der Waals surface area contributed by atoms with Gasteiger partial charge in [-0.05, 0) is 79.1 Å². The topological polar surface area (TPSA) is 102 Å². The molecule has 0 radical (unpaired) electrons. The summed E-state index contributed by atoms with van der Waals surface area (Å²) in [6.07, 6.45) is 10.9. The maximum absolute atomic E-state index is 11.0. The van der Waals surface area contributed by atoms with Crippen LogP contribution in [0.4, 0.5) is 11.4 Å². The van der Waals surface area contributed by atoms with Crippen LogP contribution in [0.1, 0.15) is 61.1 Å². The van der Waals surface area contributed by atoms with E-state index in [1.54, 1.807) is 12.1 Å². The molecule has 4 rings (SSSR count). The van der Waals surface area contributed by atoms with E-state index in [1.807, 2.05) is 12.1 Å². The second-order valence-corrected chi connectivity index (χ2v) is 8.92. The number of rotatable bonds is 9. The van der Waals surface area contributed by atoms with Gasteiger partial charge in [-0.25, -0.2) is 4.79 Å². The van der Waals surface area contributed by atoms with Gasteiger partial charge in [0.1, 0.15) is 11.6 Å². The van der Waals surface area contributed by atoms with E-state index in [4.69, 9.17) is 15.5 Å². The second kappa shape index (κ2) is 10.4. The highest BCUT2D eigenvalue weighted by atomic mass is 16.4. The van der Waals surface area contributed by atoms with Crippen molar-refractivity contribution in [1.82, 2.24) is 0 Å². The third-order valence-electron chi connectivity index (χ3n) is 6.74. The summed E-state index contributed by atoms with van der Waals surface area (Å²) < 4.78 is 0. The monoisotopic (exact) mass is 456 g/mol. The van der Waals surface area contributed by atoms with E-state index in [9.17, 15) is 9.59 Å². The first-order valence-corrected chi connectivity index (χ1v) is 11.7. The molecular formula is C28H28N2O4. The molecule has 2 atom stereocenters. The van der Waals surface area contributed by atoms with Gasteiger partial charge in [-0.2, -0.15) is 5.26 Å². The Morgan fingerprint density at radius 1 is 1.09 bits per heavy atom. The maximum Gasteiger partial charge on any atom is 0.346 e. The van der Waals surface area contributed by atoms with E-state index in [2.05, 4.69) is 41.3 Å². The third kappa shape index (κ3) is 5.04. The van der Waals surface area contributed by atoms with Crippen LogP contribution in [0, 0.1) is 11.3 Å². The summed E-state index contributed by atoms with van der Waals surface area (Å²) >= 11 is 0. The van der Waals surface area contributed by atoms with Gasteiger partial charge in [-0.15, -0.1) is 0 Å². The lowest BCUT2D eigenvalue weighted by Gasteiger charge is -2.27. The molecule has 6 nitrogen and oxygen atoms in total. The first kappa shape index (κ1) is 23.3. The van der Waals surface area contributed by atoms with Crippen molar-refractivity contribution in [1.29, 1.82) is 5.26 Å². The molecule has 0 amide bonds. The van der Waals surface area contributed by atoms with Crippen molar-refractivity contribution in [3.05, 3.63) is 76.9 Å². The highest BCUT2D eigenvalue weighted by Gasteiger charge is 2.41. The number of carboxylic acid groups (broad SMARTS) is 2. The normalized spacial score (nSPS) is 19.1. The van der Waals surface area contributed by atoms with Crippen LogP contribution in [0.3, 0.4) is 0 Å². The fourth-order valence-corrected chi connectivity index (χ4v) is 5.15. The highest BCUT2D eigenvalue weighted by Crippen LogP contribution is 2.52. The molecule has 1 aliphatic carbocycles. The van der Waals surface area contributed by atoms with E-state index >= 15 is 0 Å². The van der Waals surface area contributed by atoms with Gasteiger partial charge in [0.15, 0.2) is 0 Å². The number of anilines is 2. The number of benzene rings is 2. The number of unbranched alkanes of at least 4 members (excludes halogenated alkanes) is 1. The molecule has 0 aromatic heterocycles. The number of carboxylic acids is 2. The molecule has 34 heavy (non-hydrogen) atoms. The van der Waals surface area contributed by atoms with Gasteiger partial charge in [0.2, 0.25) is 0 Å². The Balaban J connectivity index is 1.52. The maximum atomic E-state index is 11.0. The van der Waals surface area contributed by atoms with E-state index in [0.29, 0.717) is 18.4 Å². The lowest BCUT2D eigenvalue weighted by Crippen LogP contribution is -2.26. The molecule has 0 spiro atoms. The summed E-state index contributed by atoms with van der Waals surface area (Å²) in [6.45, 7) is 0. The standard InChI is InChI=1S/C28H28N2O4/c29-18-21(28(33)34)7-3-6-20-13-16-26-24(17-20)23-8-4-9-25(23)30(26)22-14-11-19(12-15-22)5-1-2-10-27(31)32/h3,6-7,11-17,23,25H,1-2,4-5,8-10H2,(H,31,32)(H,33,34). The molecule has 2 aliphatic rings. The summed E-state index contributed by atoms with van der Waals surface area (Å²) in [5.74, 6) is -1.49. The van der Waals surface area contributed by atoms with Gasteiger partial charge in [0.05, 0.1) is 0 Å². The van der Waals surface area contributed by atoms with E-state index in [-0.39, 0.29) is 12.0 Å². The van der Waals surface area contributed by atoms with Gasteiger partial charge in [0, 0.05) is 29.8 Å². The minimum atomic E-state index is -1.23. The fraction of sp³-hybridized carbons (Fsp3) is 0.321. The predicted octanol–water partition coefficient (Wildman–Crippen LogP) is 5.82. The summed E-state index contributed by atoms with van der Waals surface area (Å²) in [6, 6.07) is 17.1. The zero-order chi connectivity index (χ0) is 24.1. The number of fused-ring (bicyclic) bond motifs is 3. The molecule has 2 N–H and O–H groups in total. The Kier molecular flexibility index (Phi) is 7.12. The van der Waals surface area contributed by atoms with Crippen LogP contribution < -0.4 is 4.90 Å². The molecule has 2 unspecified atom stereocenters. The first-order valence-electron chi connectivity index (χ1n) is 11.7. The zero-order valence-corrected chi connectivity index (χ0v) is 19.0. The van der Waals surface area contributed by atoms with Gasteiger partial charge in [-0.3, -0.25) is 4.79 Å². The number of nitrogens with zero attached hydrogens (tertiary/aromatic N) is 2. The zero-order valence-electron chi connectivity index (χ0n) is 19.0. The van der Waals surface area contributed by atoms with Crippen LogP contribution in [-0.2, 0) is 16.0 Å². The van der Waals surface area contributed by atoms with Crippen molar-refractivity contribution in [3.63, 3.8) is 0 Å². The number of nitriles is 1. The van der Waals surface area contributed by atoms with Crippen molar-refractivity contribution in [2.75, 3.05) is 4.90 Å². The van der Waals surface area contributed by atoms with Crippen LogP contribution in [0.15, 0.2) is 60.2 Å². The average Bonchev–Trinajstić information content (AvgIpc) is 3.41. The molecule has 0 saturated heterocycles. The molecule has 1 saturated carbocycles. The highest BCUT2D eigenvalue weighted by molar-refractivity contribution is 5.91. The predicted molar refractivity (Wildman–Crippen MR) is 131 cm³/mol. The number of hydrogen-bond acceptors (Lipinski definition) is 4. The number of hydrogen-bond donors (Lipinski definition) is 2. The van der Waals surface area contributed by atoms with E-state index in [1.165, 1.54) is 35.0 Å². The van der Waals surface area contributed by atoms with Crippen molar-refractivity contribution >= 4 is 29.4 Å². The van der Waals surface area contributed by atoms with Crippen LogP contribution in [0.25, 0.3) is 6.08 Å². The smallest absolute Gasteiger partial charge is 0.346 e. The van der Waals surface area contributed by atoms with Gasteiger partial charge < -0.3 is 15.1 Å². The Hall–Kier alpha value is -3.85. The minimum absolute atomic E-state index is 0.220. The lowest BCUT2D eigenvalue weighted by atomic mass is 9.96. The van der Waals surface area contributed by atoms with Crippen LogP contribution >= 0.6 is 0 Å².